The van der Waals surface area contributed by atoms with Crippen LogP contribution in [0.5, 0.6) is 0 Å². The van der Waals surface area contributed by atoms with Crippen molar-refractivity contribution in [3.05, 3.63) is 12.2 Å². The molecule has 0 aliphatic carbocycles. The fourth-order valence-corrected chi connectivity index (χ4v) is 1.01. The Labute approximate surface area is 90.2 Å². The summed E-state index contributed by atoms with van der Waals surface area (Å²) in [6.45, 7) is 3.93. The van der Waals surface area contributed by atoms with Gasteiger partial charge < -0.3 is 4.74 Å². The van der Waals surface area contributed by atoms with Gasteiger partial charge in [-0.1, -0.05) is 6.58 Å². The number of sulfone groups is 1. The Morgan fingerprint density at radius 2 is 1.94 bits per heavy atom. The van der Waals surface area contributed by atoms with Crippen LogP contribution < -0.4 is 5.32 Å². The maximum Gasteiger partial charge on any atom is 0.498 e. The molecule has 0 spiro atoms. The van der Waals surface area contributed by atoms with Gasteiger partial charge in [-0.25, -0.2) is 13.2 Å². The largest absolute Gasteiger partial charge is 0.498 e. The SMILES string of the molecule is C=C(C)C(=O)OCNCS(=O)(=O)C(F)(F)F. The monoisotopic (exact) mass is 261 g/mol. The maximum absolute atomic E-state index is 11.8. The number of carbonyl (C=O) groups is 1. The molecule has 0 aromatic rings. The van der Waals surface area contributed by atoms with Crippen LogP contribution in [-0.4, -0.2) is 32.5 Å². The summed E-state index contributed by atoms with van der Waals surface area (Å²) in [7, 11) is -5.24. The van der Waals surface area contributed by atoms with Crippen molar-refractivity contribution in [2.45, 2.75) is 12.4 Å². The van der Waals surface area contributed by atoms with Crippen LogP contribution in [0, 0.1) is 0 Å². The quantitative estimate of drug-likeness (QED) is 0.338. The molecule has 0 saturated heterocycles. The molecule has 9 heteroatoms. The number of hydrogen-bond donors (Lipinski definition) is 1. The molecule has 0 atom stereocenters. The van der Waals surface area contributed by atoms with Gasteiger partial charge in [-0.2, -0.15) is 13.2 Å². The summed E-state index contributed by atoms with van der Waals surface area (Å²) in [4.78, 5) is 10.7. The van der Waals surface area contributed by atoms with E-state index in [1.165, 1.54) is 6.92 Å². The first-order valence-electron chi connectivity index (χ1n) is 3.90. The molecule has 0 rings (SSSR count). The second-order valence-corrected chi connectivity index (χ2v) is 4.79. The fourth-order valence-electron chi connectivity index (χ4n) is 0.498. The van der Waals surface area contributed by atoms with Gasteiger partial charge in [0.1, 0.15) is 12.6 Å². The van der Waals surface area contributed by atoms with E-state index in [1.54, 1.807) is 0 Å². The number of alkyl halides is 3. The van der Waals surface area contributed by atoms with Crippen LogP contribution in [-0.2, 0) is 19.4 Å². The smallest absolute Gasteiger partial charge is 0.446 e. The summed E-state index contributed by atoms with van der Waals surface area (Å²) in [6.07, 6.45) is 0. The Morgan fingerprint density at radius 1 is 1.44 bits per heavy atom. The third-order valence-electron chi connectivity index (χ3n) is 1.30. The van der Waals surface area contributed by atoms with Crippen LogP contribution in [0.3, 0.4) is 0 Å². The van der Waals surface area contributed by atoms with E-state index >= 15 is 0 Å². The van der Waals surface area contributed by atoms with Gasteiger partial charge in [0.25, 0.3) is 9.84 Å². The average Bonchev–Trinajstić information content (AvgIpc) is 2.09. The standard InChI is InChI=1S/C7H10F3NO4S/c1-5(2)6(12)15-3-11-4-16(13,14)7(8,9)10/h11H,1,3-4H2,2H3. The van der Waals surface area contributed by atoms with Crippen LogP contribution in [0.2, 0.25) is 0 Å². The number of esters is 1. The molecule has 16 heavy (non-hydrogen) atoms. The summed E-state index contributed by atoms with van der Waals surface area (Å²) in [5.74, 6) is -2.17. The number of ether oxygens (including phenoxy) is 1. The molecule has 0 radical (unpaired) electrons. The Hall–Kier alpha value is -1.09. The van der Waals surface area contributed by atoms with E-state index in [1.807, 2.05) is 5.32 Å². The summed E-state index contributed by atoms with van der Waals surface area (Å²) in [6, 6.07) is 0. The van der Waals surface area contributed by atoms with Crippen molar-refractivity contribution in [1.29, 1.82) is 0 Å². The highest BCUT2D eigenvalue weighted by atomic mass is 32.2. The molecule has 0 aromatic carbocycles. The van der Waals surface area contributed by atoms with E-state index in [4.69, 9.17) is 0 Å². The molecule has 0 aliphatic rings. The van der Waals surface area contributed by atoms with Gasteiger partial charge in [-0.3, -0.25) is 5.32 Å². The lowest BCUT2D eigenvalue weighted by Crippen LogP contribution is -2.35. The predicted molar refractivity (Wildman–Crippen MR) is 48.8 cm³/mol. The van der Waals surface area contributed by atoms with Crippen LogP contribution in [0.1, 0.15) is 6.92 Å². The minimum atomic E-state index is -5.32. The van der Waals surface area contributed by atoms with E-state index in [9.17, 15) is 26.4 Å². The zero-order valence-corrected chi connectivity index (χ0v) is 9.11. The number of halogens is 3. The van der Waals surface area contributed by atoms with Crippen molar-refractivity contribution in [3.8, 4) is 0 Å². The van der Waals surface area contributed by atoms with E-state index in [2.05, 4.69) is 11.3 Å². The van der Waals surface area contributed by atoms with Crippen molar-refractivity contribution in [2.24, 2.45) is 0 Å². The van der Waals surface area contributed by atoms with Crippen LogP contribution in [0.15, 0.2) is 12.2 Å². The van der Waals surface area contributed by atoms with Crippen molar-refractivity contribution in [3.63, 3.8) is 0 Å². The van der Waals surface area contributed by atoms with Crippen LogP contribution >= 0.6 is 0 Å². The van der Waals surface area contributed by atoms with Crippen molar-refractivity contribution >= 4 is 15.8 Å². The summed E-state index contributed by atoms with van der Waals surface area (Å²) in [5, 5.41) is 1.83. The highest BCUT2D eigenvalue weighted by Gasteiger charge is 2.45. The lowest BCUT2D eigenvalue weighted by atomic mass is 10.4. The van der Waals surface area contributed by atoms with Crippen molar-refractivity contribution < 1.29 is 31.1 Å². The van der Waals surface area contributed by atoms with Gasteiger partial charge >= 0.3 is 11.5 Å². The van der Waals surface area contributed by atoms with Crippen molar-refractivity contribution in [2.75, 3.05) is 12.6 Å². The third-order valence-corrected chi connectivity index (χ3v) is 2.59. The second kappa shape index (κ2) is 5.30. The fraction of sp³-hybridized carbons (Fsp3) is 0.571. The molecule has 5 nitrogen and oxygen atoms in total. The number of nitrogens with one attached hydrogen (secondary N) is 1. The zero-order chi connectivity index (χ0) is 13.0. The lowest BCUT2D eigenvalue weighted by Gasteiger charge is -2.09. The van der Waals surface area contributed by atoms with E-state index in [0.29, 0.717) is 0 Å². The lowest BCUT2D eigenvalue weighted by molar-refractivity contribution is -0.139. The second-order valence-electron chi connectivity index (χ2n) is 2.81. The minimum Gasteiger partial charge on any atom is -0.446 e. The Morgan fingerprint density at radius 3 is 2.31 bits per heavy atom. The van der Waals surface area contributed by atoms with Gasteiger partial charge in [0.2, 0.25) is 0 Å². The number of rotatable bonds is 5. The molecule has 1 N–H and O–H groups in total. The molecule has 0 saturated carbocycles. The van der Waals surface area contributed by atoms with E-state index in [-0.39, 0.29) is 5.57 Å². The van der Waals surface area contributed by atoms with Crippen LogP contribution in [0.4, 0.5) is 13.2 Å². The van der Waals surface area contributed by atoms with Gasteiger partial charge in [0.15, 0.2) is 0 Å². The molecular weight excluding hydrogens is 251 g/mol. The topological polar surface area (TPSA) is 72.5 Å². The molecule has 0 bridgehead atoms. The minimum absolute atomic E-state index is 0.0560. The average molecular weight is 261 g/mol. The molecule has 0 amide bonds. The summed E-state index contributed by atoms with van der Waals surface area (Å²) >= 11 is 0. The molecule has 0 unspecified atom stereocenters. The first-order valence-corrected chi connectivity index (χ1v) is 5.55. The Kier molecular flexibility index (Phi) is 4.94. The van der Waals surface area contributed by atoms with Gasteiger partial charge in [-0.05, 0) is 6.92 Å². The number of carbonyl (C=O) groups excluding carboxylic acids is 1. The molecular formula is C7H10F3NO4S. The molecule has 0 fully saturated rings. The molecule has 94 valence electrons. The number of hydrogen-bond acceptors (Lipinski definition) is 5. The first-order chi connectivity index (χ1) is 7.08. The Bertz CT molecular complexity index is 374. The van der Waals surface area contributed by atoms with Gasteiger partial charge in [0.05, 0.1) is 0 Å². The first kappa shape index (κ1) is 14.9. The summed E-state index contributed by atoms with van der Waals surface area (Å²) in [5.41, 5.74) is -5.27. The molecule has 0 aliphatic heterocycles. The molecule has 0 heterocycles. The van der Waals surface area contributed by atoms with E-state index < -0.39 is 33.9 Å². The summed E-state index contributed by atoms with van der Waals surface area (Å²) < 4.78 is 60.7. The predicted octanol–water partition coefficient (Wildman–Crippen LogP) is 0.545. The highest BCUT2D eigenvalue weighted by Crippen LogP contribution is 2.22. The van der Waals surface area contributed by atoms with Gasteiger partial charge in [-0.15, -0.1) is 0 Å². The zero-order valence-electron chi connectivity index (χ0n) is 8.30. The third kappa shape index (κ3) is 4.62. The Balaban J connectivity index is 4.02. The van der Waals surface area contributed by atoms with E-state index in [0.717, 1.165) is 0 Å². The maximum atomic E-state index is 11.8. The highest BCUT2D eigenvalue weighted by molar-refractivity contribution is 7.92. The van der Waals surface area contributed by atoms with Gasteiger partial charge in [0, 0.05) is 5.57 Å². The molecule has 0 aromatic heterocycles. The van der Waals surface area contributed by atoms with Crippen molar-refractivity contribution in [1.82, 2.24) is 5.32 Å². The normalized spacial score (nSPS) is 12.2. The van der Waals surface area contributed by atoms with Crippen LogP contribution in [0.25, 0.3) is 0 Å².